The van der Waals surface area contributed by atoms with Crippen molar-refractivity contribution in [3.63, 3.8) is 0 Å². The van der Waals surface area contributed by atoms with E-state index in [-0.39, 0.29) is 5.41 Å². The number of hydrogen-bond acceptors (Lipinski definition) is 1. The number of benzene rings is 1. The molecule has 4 atom stereocenters. The lowest BCUT2D eigenvalue weighted by Crippen LogP contribution is -2.67. The van der Waals surface area contributed by atoms with Gasteiger partial charge in [0.1, 0.15) is 5.75 Å². The summed E-state index contributed by atoms with van der Waals surface area (Å²) in [4.78, 5) is 0. The molecule has 0 aromatic heterocycles. The normalized spacial score (nSPS) is 41.7. The van der Waals surface area contributed by atoms with Gasteiger partial charge in [-0.3, -0.25) is 0 Å². The molecule has 1 aromatic carbocycles. The van der Waals surface area contributed by atoms with Crippen molar-refractivity contribution in [2.24, 2.45) is 11.8 Å². The highest BCUT2D eigenvalue weighted by molar-refractivity contribution is 5.43. The number of aromatic hydroxyl groups is 1. The van der Waals surface area contributed by atoms with Crippen molar-refractivity contribution >= 4 is 0 Å². The number of likely N-dealkylation sites (tertiary alicyclic amines) is 1. The van der Waals surface area contributed by atoms with E-state index in [1.54, 1.807) is 0 Å². The summed E-state index contributed by atoms with van der Waals surface area (Å²) < 4.78 is 1.28. The second kappa shape index (κ2) is 4.25. The van der Waals surface area contributed by atoms with E-state index in [1.807, 2.05) is 12.1 Å². The molecule has 1 aromatic rings. The molecule has 2 nitrogen and oxygen atoms in total. The molecule has 1 unspecified atom stereocenters. The molecule has 1 N–H and O–H groups in total. The van der Waals surface area contributed by atoms with Crippen LogP contribution in [0.15, 0.2) is 18.2 Å². The predicted molar refractivity (Wildman–Crippen MR) is 85.4 cm³/mol. The minimum absolute atomic E-state index is 0.248. The average molecular weight is 286 g/mol. The van der Waals surface area contributed by atoms with E-state index < -0.39 is 0 Å². The highest BCUT2D eigenvalue weighted by Crippen LogP contribution is 2.52. The van der Waals surface area contributed by atoms with Gasteiger partial charge in [-0.1, -0.05) is 19.9 Å². The first kappa shape index (κ1) is 13.6. The number of nitrogens with zero attached hydrogens (tertiary/aromatic N) is 1. The Kier molecular flexibility index (Phi) is 2.76. The third-order valence-electron chi connectivity index (χ3n) is 7.03. The Morgan fingerprint density at radius 2 is 2.10 bits per heavy atom. The van der Waals surface area contributed by atoms with Crippen LogP contribution in [0.1, 0.15) is 44.2 Å². The Morgan fingerprint density at radius 1 is 1.33 bits per heavy atom. The first-order chi connectivity index (χ1) is 9.92. The summed E-state index contributed by atoms with van der Waals surface area (Å²) in [5, 5.41) is 9.91. The fourth-order valence-electron chi connectivity index (χ4n) is 5.24. The molecule has 1 heterocycles. The van der Waals surface area contributed by atoms with Crippen LogP contribution in [0.5, 0.6) is 5.75 Å². The number of quaternary nitrogens is 1. The maximum atomic E-state index is 9.91. The molecule has 3 aliphatic rings. The Labute approximate surface area is 128 Å². The molecular weight excluding hydrogens is 258 g/mol. The second-order valence-corrected chi connectivity index (χ2v) is 8.40. The van der Waals surface area contributed by atoms with Crippen molar-refractivity contribution in [1.82, 2.24) is 0 Å². The Bertz CT molecular complexity index is 579. The van der Waals surface area contributed by atoms with Crippen molar-refractivity contribution < 1.29 is 9.59 Å². The molecule has 2 aliphatic carbocycles. The minimum atomic E-state index is 0.248. The molecule has 21 heavy (non-hydrogen) atoms. The summed E-state index contributed by atoms with van der Waals surface area (Å²) in [6.45, 7) is 7.58. The van der Waals surface area contributed by atoms with Gasteiger partial charge >= 0.3 is 0 Å². The topological polar surface area (TPSA) is 20.2 Å². The van der Waals surface area contributed by atoms with Gasteiger partial charge in [0.2, 0.25) is 0 Å². The number of fused-ring (bicyclic) bond motifs is 4. The number of rotatable bonds is 2. The van der Waals surface area contributed by atoms with E-state index in [0.29, 0.717) is 11.7 Å². The fraction of sp³-hybridized carbons (Fsp3) is 0.684. The van der Waals surface area contributed by atoms with Gasteiger partial charge in [0.05, 0.1) is 26.2 Å². The summed E-state index contributed by atoms with van der Waals surface area (Å²) in [6.07, 6.45) is 5.35. The molecule has 2 bridgehead atoms. The third-order valence-corrected chi connectivity index (χ3v) is 7.03. The van der Waals surface area contributed by atoms with Crippen LogP contribution in [0.4, 0.5) is 0 Å². The van der Waals surface area contributed by atoms with Crippen LogP contribution in [0.2, 0.25) is 0 Å². The van der Waals surface area contributed by atoms with Crippen molar-refractivity contribution in [2.75, 3.05) is 20.1 Å². The Balaban J connectivity index is 1.76. The van der Waals surface area contributed by atoms with Crippen LogP contribution in [0.3, 0.4) is 0 Å². The van der Waals surface area contributed by atoms with Gasteiger partial charge in [0.15, 0.2) is 0 Å². The lowest BCUT2D eigenvalue weighted by molar-refractivity contribution is -0.946. The number of hydrogen-bond donors (Lipinski definition) is 1. The molecular formula is C19H28NO+. The third kappa shape index (κ3) is 1.95. The van der Waals surface area contributed by atoms with E-state index >= 15 is 0 Å². The SMILES string of the molecule is C[C@H]1[C@H]2Cc3ccc(O)cc3[C@@]1(C)CC[N+]2(C)CC1CC1. The van der Waals surface area contributed by atoms with Gasteiger partial charge in [0, 0.05) is 30.1 Å². The molecule has 2 fully saturated rings. The molecule has 1 saturated heterocycles. The molecule has 0 spiro atoms. The number of piperidine rings is 1. The highest BCUT2D eigenvalue weighted by atomic mass is 16.3. The van der Waals surface area contributed by atoms with Crippen molar-refractivity contribution in [2.45, 2.75) is 51.0 Å². The average Bonchev–Trinajstić information content (AvgIpc) is 3.24. The smallest absolute Gasteiger partial charge is 0.115 e. The molecule has 2 heteroatoms. The summed E-state index contributed by atoms with van der Waals surface area (Å²) in [7, 11) is 2.50. The van der Waals surface area contributed by atoms with Gasteiger partial charge in [-0.15, -0.1) is 0 Å². The Hall–Kier alpha value is -1.02. The number of phenols is 1. The van der Waals surface area contributed by atoms with E-state index in [4.69, 9.17) is 0 Å². The van der Waals surface area contributed by atoms with E-state index in [1.165, 1.54) is 54.4 Å². The van der Waals surface area contributed by atoms with Gasteiger partial charge in [-0.05, 0) is 36.1 Å². The van der Waals surface area contributed by atoms with Crippen molar-refractivity contribution in [3.05, 3.63) is 29.3 Å². The zero-order valence-corrected chi connectivity index (χ0v) is 13.6. The largest absolute Gasteiger partial charge is 0.508 e. The van der Waals surface area contributed by atoms with Crippen molar-refractivity contribution in [1.29, 1.82) is 0 Å². The molecule has 4 rings (SSSR count). The standard InChI is InChI=1S/C19H27NO/c1-13-18-10-15-6-7-16(21)11-17(15)19(13,2)8-9-20(18,3)12-14-4-5-14/h6-7,11,13-14,18H,4-5,8-10,12H2,1-3H3/p+1/t13-,18+,19-,20?/m0/s1. The second-order valence-electron chi connectivity index (χ2n) is 8.40. The Morgan fingerprint density at radius 3 is 2.81 bits per heavy atom. The molecule has 1 aliphatic heterocycles. The maximum Gasteiger partial charge on any atom is 0.115 e. The lowest BCUT2D eigenvalue weighted by atomic mass is 9.58. The minimum Gasteiger partial charge on any atom is -0.508 e. The molecule has 114 valence electrons. The molecule has 0 amide bonds. The lowest BCUT2D eigenvalue weighted by Gasteiger charge is -2.58. The van der Waals surface area contributed by atoms with Crippen LogP contribution < -0.4 is 0 Å². The van der Waals surface area contributed by atoms with Crippen LogP contribution in [-0.4, -0.2) is 35.8 Å². The summed E-state index contributed by atoms with van der Waals surface area (Å²) in [6, 6.07) is 6.84. The molecule has 1 saturated carbocycles. The van der Waals surface area contributed by atoms with Crippen LogP contribution in [0.25, 0.3) is 0 Å². The summed E-state index contributed by atoms with van der Waals surface area (Å²) >= 11 is 0. The van der Waals surface area contributed by atoms with E-state index in [2.05, 4.69) is 27.0 Å². The van der Waals surface area contributed by atoms with Crippen molar-refractivity contribution in [3.8, 4) is 5.75 Å². The highest BCUT2D eigenvalue weighted by Gasteiger charge is 2.55. The summed E-state index contributed by atoms with van der Waals surface area (Å²) in [5.74, 6) is 2.12. The van der Waals surface area contributed by atoms with Gasteiger partial charge in [0.25, 0.3) is 0 Å². The van der Waals surface area contributed by atoms with Gasteiger partial charge < -0.3 is 9.59 Å². The first-order valence-corrected chi connectivity index (χ1v) is 8.59. The zero-order valence-electron chi connectivity index (χ0n) is 13.6. The maximum absolute atomic E-state index is 9.91. The quantitative estimate of drug-likeness (QED) is 0.825. The van der Waals surface area contributed by atoms with Crippen LogP contribution in [0, 0.1) is 11.8 Å². The number of phenolic OH excluding ortho intramolecular Hbond substituents is 1. The van der Waals surface area contributed by atoms with Crippen LogP contribution in [-0.2, 0) is 11.8 Å². The van der Waals surface area contributed by atoms with Crippen LogP contribution >= 0.6 is 0 Å². The fourth-order valence-corrected chi connectivity index (χ4v) is 5.24. The summed E-state index contributed by atoms with van der Waals surface area (Å²) in [5.41, 5.74) is 3.15. The molecule has 0 radical (unpaired) electrons. The first-order valence-electron chi connectivity index (χ1n) is 8.59. The monoisotopic (exact) mass is 286 g/mol. The number of likely N-dealkylation sites (N-methyl/N-ethyl adjacent to an activating group) is 1. The van der Waals surface area contributed by atoms with Gasteiger partial charge in [-0.2, -0.15) is 0 Å². The zero-order chi connectivity index (χ0) is 14.8. The predicted octanol–water partition coefficient (Wildman–Crippen LogP) is 3.47. The van der Waals surface area contributed by atoms with Gasteiger partial charge in [-0.25, -0.2) is 0 Å². The van der Waals surface area contributed by atoms with E-state index in [0.717, 1.165) is 12.0 Å². The van der Waals surface area contributed by atoms with E-state index in [9.17, 15) is 5.11 Å².